The lowest BCUT2D eigenvalue weighted by Crippen LogP contribution is -2.37. The average Bonchev–Trinajstić information content (AvgIpc) is 1.69. The molecule has 1 nitrogen and oxygen atoms in total. The molecule has 0 spiro atoms. The van der Waals surface area contributed by atoms with Crippen LogP contribution in [0.4, 0.5) is 26.3 Å². The van der Waals surface area contributed by atoms with E-state index < -0.39 is 36.8 Å². The van der Waals surface area contributed by atoms with E-state index in [1.807, 2.05) is 0 Å². The summed E-state index contributed by atoms with van der Waals surface area (Å²) in [7, 11) is 0. The number of nitrogens with zero attached hydrogens (tertiary/aromatic N) is 1. The van der Waals surface area contributed by atoms with Crippen molar-refractivity contribution in [2.24, 2.45) is 0 Å². The minimum absolute atomic E-state index is 0.574. The van der Waals surface area contributed by atoms with Crippen LogP contribution in [0.25, 0.3) is 5.32 Å². The number of alkyl halides is 6. The highest BCUT2D eigenvalue weighted by Gasteiger charge is 2.41. The predicted octanol–water partition coefficient (Wildman–Crippen LogP) is 4.43. The molecule has 0 saturated heterocycles. The third-order valence-electron chi connectivity index (χ3n) is 1.73. The van der Waals surface area contributed by atoms with Crippen LogP contribution in [0.5, 0.6) is 0 Å². The molecule has 0 heterocycles. The van der Waals surface area contributed by atoms with E-state index in [0.29, 0.717) is 0 Å². The molecule has 0 bridgehead atoms. The molecule has 98 valence electrons. The van der Waals surface area contributed by atoms with E-state index in [4.69, 9.17) is 0 Å². The van der Waals surface area contributed by atoms with Gasteiger partial charge in [0.2, 0.25) is 0 Å². The zero-order chi connectivity index (χ0) is 13.2. The molecule has 0 radical (unpaired) electrons. The van der Waals surface area contributed by atoms with Gasteiger partial charge in [0.15, 0.2) is 0 Å². The maximum atomic E-state index is 12.1. The van der Waals surface area contributed by atoms with Gasteiger partial charge in [0.1, 0.15) is 0 Å². The molecular weight excluding hydrogens is 236 g/mol. The summed E-state index contributed by atoms with van der Waals surface area (Å²) < 4.78 is 72.9. The zero-order valence-corrected chi connectivity index (χ0v) is 9.21. The Bertz CT molecular complexity index is 201. The summed E-state index contributed by atoms with van der Waals surface area (Å²) in [5.41, 5.74) is -2.13. The second kappa shape index (κ2) is 4.81. The number of rotatable bonds is 4. The van der Waals surface area contributed by atoms with Crippen LogP contribution in [0.15, 0.2) is 0 Å². The Morgan fingerprint density at radius 1 is 0.875 bits per heavy atom. The molecular formula is C9H14F6N-. The maximum Gasteiger partial charge on any atom is 0.387 e. The molecule has 0 aliphatic carbocycles. The molecule has 0 atom stereocenters. The molecule has 0 N–H and O–H groups in total. The fraction of sp³-hybridized carbons (Fsp3) is 1.00. The van der Waals surface area contributed by atoms with Crippen LogP contribution in [-0.4, -0.2) is 23.9 Å². The van der Waals surface area contributed by atoms with Crippen LogP contribution in [0, 0.1) is 0 Å². The van der Waals surface area contributed by atoms with Crippen molar-refractivity contribution in [1.29, 1.82) is 0 Å². The molecule has 0 aliphatic heterocycles. The first kappa shape index (κ1) is 15.5. The largest absolute Gasteiger partial charge is 0.654 e. The Labute approximate surface area is 90.2 Å². The van der Waals surface area contributed by atoms with Gasteiger partial charge in [0.05, 0.1) is 0 Å². The van der Waals surface area contributed by atoms with Crippen LogP contribution in [0.3, 0.4) is 0 Å². The first-order valence-electron chi connectivity index (χ1n) is 4.68. The summed E-state index contributed by atoms with van der Waals surface area (Å²) in [4.78, 5) is 0. The van der Waals surface area contributed by atoms with E-state index in [9.17, 15) is 26.3 Å². The van der Waals surface area contributed by atoms with Gasteiger partial charge in [-0.3, -0.25) is 0 Å². The van der Waals surface area contributed by atoms with Crippen molar-refractivity contribution < 1.29 is 26.3 Å². The minimum atomic E-state index is -4.65. The van der Waals surface area contributed by atoms with Gasteiger partial charge >= 0.3 is 12.4 Å². The third kappa shape index (κ3) is 7.78. The molecule has 0 rings (SSSR count). The van der Waals surface area contributed by atoms with Crippen LogP contribution < -0.4 is 0 Å². The topological polar surface area (TPSA) is 14.1 Å². The summed E-state index contributed by atoms with van der Waals surface area (Å²) in [6.45, 7) is 3.78. The predicted molar refractivity (Wildman–Crippen MR) is 48.2 cm³/mol. The molecule has 0 aliphatic rings. The second-order valence-corrected chi connectivity index (χ2v) is 4.30. The van der Waals surface area contributed by atoms with Crippen LogP contribution >= 0.6 is 0 Å². The minimum Gasteiger partial charge on any atom is -0.654 e. The molecule has 7 heteroatoms. The van der Waals surface area contributed by atoms with Gasteiger partial charge in [0, 0.05) is 12.8 Å². The highest BCUT2D eigenvalue weighted by molar-refractivity contribution is 5.08. The number of hydrogen-bond donors (Lipinski definition) is 0. The zero-order valence-electron chi connectivity index (χ0n) is 9.21. The lowest BCUT2D eigenvalue weighted by atomic mass is 9.92. The van der Waals surface area contributed by atoms with E-state index in [-0.39, 0.29) is 0 Å². The summed E-state index contributed by atoms with van der Waals surface area (Å²) >= 11 is 0. The van der Waals surface area contributed by atoms with Crippen LogP contribution in [-0.2, 0) is 0 Å². The van der Waals surface area contributed by atoms with Gasteiger partial charge in [-0.25, -0.2) is 0 Å². The van der Waals surface area contributed by atoms with E-state index in [0.717, 1.165) is 6.92 Å². The van der Waals surface area contributed by atoms with Gasteiger partial charge in [-0.1, -0.05) is 20.8 Å². The van der Waals surface area contributed by atoms with Gasteiger partial charge in [0.25, 0.3) is 0 Å². The molecule has 0 aromatic heterocycles. The molecule has 0 fully saturated rings. The van der Waals surface area contributed by atoms with E-state index in [1.165, 1.54) is 13.8 Å². The Morgan fingerprint density at radius 3 is 1.38 bits per heavy atom. The summed E-state index contributed by atoms with van der Waals surface area (Å²) in [6, 6.07) is -0.574. The van der Waals surface area contributed by atoms with Gasteiger partial charge < -0.3 is 5.32 Å². The standard InChI is InChI=1S/C9H14F6N/c1-6(2)16-7(3,4-8(10,11)12)5-9(13,14)15/h6H,4-5H2,1-3H3/q-1. The molecule has 0 saturated carbocycles. The van der Waals surface area contributed by atoms with Crippen molar-refractivity contribution in [1.82, 2.24) is 0 Å². The van der Waals surface area contributed by atoms with Crippen LogP contribution in [0.2, 0.25) is 0 Å². The number of hydrogen-bond acceptors (Lipinski definition) is 0. The highest BCUT2D eigenvalue weighted by Crippen LogP contribution is 2.41. The van der Waals surface area contributed by atoms with Crippen LogP contribution in [0.1, 0.15) is 33.6 Å². The van der Waals surface area contributed by atoms with E-state index in [1.54, 1.807) is 0 Å². The Kier molecular flexibility index (Phi) is 4.67. The van der Waals surface area contributed by atoms with E-state index >= 15 is 0 Å². The third-order valence-corrected chi connectivity index (χ3v) is 1.73. The van der Waals surface area contributed by atoms with Gasteiger partial charge in [-0.15, -0.1) is 11.6 Å². The van der Waals surface area contributed by atoms with E-state index in [2.05, 4.69) is 5.32 Å². The highest BCUT2D eigenvalue weighted by atomic mass is 19.4. The smallest absolute Gasteiger partial charge is 0.387 e. The lowest BCUT2D eigenvalue weighted by Gasteiger charge is -2.47. The summed E-state index contributed by atoms with van der Waals surface area (Å²) in [5, 5.41) is 3.54. The normalized spacial score (nSPS) is 14.6. The fourth-order valence-electron chi connectivity index (χ4n) is 1.64. The quantitative estimate of drug-likeness (QED) is 0.655. The van der Waals surface area contributed by atoms with Crippen molar-refractivity contribution >= 4 is 0 Å². The summed E-state index contributed by atoms with van der Waals surface area (Å²) in [5.74, 6) is 0. The fourth-order valence-corrected chi connectivity index (χ4v) is 1.64. The monoisotopic (exact) mass is 250 g/mol. The average molecular weight is 250 g/mol. The Morgan fingerprint density at radius 2 is 1.19 bits per heavy atom. The molecule has 0 amide bonds. The first-order chi connectivity index (χ1) is 6.83. The van der Waals surface area contributed by atoms with Gasteiger partial charge in [-0.05, 0) is 0 Å². The van der Waals surface area contributed by atoms with Crippen molar-refractivity contribution in [3.63, 3.8) is 0 Å². The Balaban J connectivity index is 4.75. The van der Waals surface area contributed by atoms with Crippen molar-refractivity contribution in [3.8, 4) is 0 Å². The van der Waals surface area contributed by atoms with Crippen molar-refractivity contribution in [2.75, 3.05) is 0 Å². The molecule has 16 heavy (non-hydrogen) atoms. The van der Waals surface area contributed by atoms with Crippen molar-refractivity contribution in [3.05, 3.63) is 5.32 Å². The second-order valence-electron chi connectivity index (χ2n) is 4.30. The number of halogens is 6. The lowest BCUT2D eigenvalue weighted by molar-refractivity contribution is -0.171. The molecule has 0 aromatic rings. The molecule has 0 aromatic carbocycles. The molecule has 0 unspecified atom stereocenters. The first-order valence-corrected chi connectivity index (χ1v) is 4.68. The van der Waals surface area contributed by atoms with Gasteiger partial charge in [-0.2, -0.15) is 26.3 Å². The maximum absolute atomic E-state index is 12.1. The summed E-state index contributed by atoms with van der Waals surface area (Å²) in [6.07, 6.45) is -12.4. The Hall–Kier alpha value is -0.460. The van der Waals surface area contributed by atoms with Crippen molar-refractivity contribution in [2.45, 2.75) is 57.5 Å². The SMILES string of the molecule is CC(C)[N-]C(C)(CC(F)(F)F)CC(F)(F)F.